The van der Waals surface area contributed by atoms with Gasteiger partial charge in [-0.3, -0.25) is 0 Å². The number of fused-ring (bicyclic) bond motifs is 1. The zero-order valence-corrected chi connectivity index (χ0v) is 19.2. The number of esters is 1. The van der Waals surface area contributed by atoms with Crippen LogP contribution in [0.25, 0.3) is 10.9 Å². The number of hydrogen-bond acceptors (Lipinski definition) is 6. The minimum absolute atomic E-state index is 0.0372. The second-order valence-electron chi connectivity index (χ2n) is 8.63. The Morgan fingerprint density at radius 2 is 1.74 bits per heavy atom. The van der Waals surface area contributed by atoms with Crippen molar-refractivity contribution in [2.45, 2.75) is 19.4 Å². The maximum atomic E-state index is 12.2. The van der Waals surface area contributed by atoms with Crippen LogP contribution in [-0.4, -0.2) is 34.9 Å². The van der Waals surface area contributed by atoms with Gasteiger partial charge in [-0.15, -0.1) is 0 Å². The Morgan fingerprint density at radius 3 is 2.38 bits per heavy atom. The monoisotopic (exact) mass is 456 g/mol. The Labute approximate surface area is 198 Å². The van der Waals surface area contributed by atoms with Gasteiger partial charge in [-0.25, -0.2) is 9.79 Å². The molecular weight excluding hydrogens is 428 g/mol. The van der Waals surface area contributed by atoms with Gasteiger partial charge in [-0.2, -0.15) is 0 Å². The van der Waals surface area contributed by atoms with Gasteiger partial charge in [-0.05, 0) is 43.7 Å². The van der Waals surface area contributed by atoms with Crippen LogP contribution in [0.2, 0.25) is 0 Å². The predicted molar refractivity (Wildman–Crippen MR) is 135 cm³/mol. The Hall–Kier alpha value is -3.94. The number of hydrogen-bond donors (Lipinski definition) is 4. The molecule has 34 heavy (non-hydrogen) atoms. The van der Waals surface area contributed by atoms with E-state index < -0.39 is 11.5 Å². The first-order valence-electron chi connectivity index (χ1n) is 11.0. The van der Waals surface area contributed by atoms with Gasteiger partial charge in [0.15, 0.2) is 5.88 Å². The van der Waals surface area contributed by atoms with Gasteiger partial charge in [-0.1, -0.05) is 48.5 Å². The fourth-order valence-electron chi connectivity index (χ4n) is 3.74. The van der Waals surface area contributed by atoms with Gasteiger partial charge in [0.25, 0.3) is 0 Å². The number of aromatic hydroxyl groups is 1. The van der Waals surface area contributed by atoms with Crippen molar-refractivity contribution in [3.05, 3.63) is 95.1 Å². The first-order valence-corrected chi connectivity index (χ1v) is 11.0. The Balaban J connectivity index is 1.82. The molecule has 3 aromatic carbocycles. The molecule has 1 heterocycles. The van der Waals surface area contributed by atoms with E-state index in [0.717, 1.165) is 22.2 Å². The smallest absolute Gasteiger partial charge is 0.338 e. The van der Waals surface area contributed by atoms with Crippen molar-refractivity contribution in [3.8, 4) is 5.88 Å². The highest BCUT2D eigenvalue weighted by Gasteiger charge is 2.20. The van der Waals surface area contributed by atoms with E-state index in [1.165, 1.54) is 0 Å². The van der Waals surface area contributed by atoms with Crippen molar-refractivity contribution >= 4 is 28.3 Å². The summed E-state index contributed by atoms with van der Waals surface area (Å²) in [6.45, 7) is 4.29. The van der Waals surface area contributed by atoms with Gasteiger partial charge in [0.2, 0.25) is 0 Å². The number of nitrogens with two attached hydrogens (primary N) is 2. The Kier molecular flexibility index (Phi) is 6.49. The van der Waals surface area contributed by atoms with Gasteiger partial charge < -0.3 is 26.3 Å². The van der Waals surface area contributed by atoms with Crippen LogP contribution in [0.4, 0.5) is 5.69 Å². The van der Waals surface area contributed by atoms with Gasteiger partial charge in [0.1, 0.15) is 6.61 Å². The third kappa shape index (κ3) is 4.85. The van der Waals surface area contributed by atoms with Crippen LogP contribution in [0.1, 0.15) is 40.9 Å². The molecule has 0 saturated carbocycles. The van der Waals surface area contributed by atoms with Crippen LogP contribution in [0, 0.1) is 0 Å². The summed E-state index contributed by atoms with van der Waals surface area (Å²) >= 11 is 0. The molecule has 0 radical (unpaired) electrons. The number of aliphatic imine (C=N–C) groups is 1. The number of rotatable bonds is 7. The first-order chi connectivity index (χ1) is 16.3. The van der Waals surface area contributed by atoms with Crippen molar-refractivity contribution in [1.82, 2.24) is 4.98 Å². The third-order valence-electron chi connectivity index (χ3n) is 5.50. The van der Waals surface area contributed by atoms with Crippen molar-refractivity contribution in [2.24, 2.45) is 16.5 Å². The lowest BCUT2D eigenvalue weighted by Gasteiger charge is -2.19. The maximum absolute atomic E-state index is 12.2. The standard InChI is InChI=1S/C27H28N4O3/c1-27(2,29)19-9-11-20(12-10-19)30-24(17-6-4-3-5-7-17)23-21-13-8-18(26(33)34-15-14-28)16-22(21)31-25(23)32/h3-13,16,31-32H,14-15,28-29H2,1-2H3. The summed E-state index contributed by atoms with van der Waals surface area (Å²) in [4.78, 5) is 20.1. The molecular formula is C27H28N4O3. The molecule has 0 amide bonds. The normalized spacial score (nSPS) is 12.2. The molecule has 174 valence electrons. The second kappa shape index (κ2) is 9.51. The molecule has 0 aliphatic carbocycles. The van der Waals surface area contributed by atoms with E-state index in [2.05, 4.69) is 4.98 Å². The summed E-state index contributed by atoms with van der Waals surface area (Å²) in [7, 11) is 0. The van der Waals surface area contributed by atoms with E-state index in [0.29, 0.717) is 22.4 Å². The summed E-state index contributed by atoms with van der Waals surface area (Å²) in [6.07, 6.45) is 0. The molecule has 0 unspecified atom stereocenters. The fraction of sp³-hybridized carbons (Fsp3) is 0.185. The topological polar surface area (TPSA) is 127 Å². The van der Waals surface area contributed by atoms with E-state index >= 15 is 0 Å². The summed E-state index contributed by atoms with van der Waals surface area (Å²) in [5, 5.41) is 11.6. The molecule has 0 spiro atoms. The summed E-state index contributed by atoms with van der Waals surface area (Å²) in [5.41, 5.74) is 15.8. The zero-order valence-electron chi connectivity index (χ0n) is 19.2. The molecule has 7 heteroatoms. The number of aromatic nitrogens is 1. The molecule has 7 nitrogen and oxygen atoms in total. The summed E-state index contributed by atoms with van der Waals surface area (Å²) < 4.78 is 5.12. The molecule has 0 aliphatic heterocycles. The van der Waals surface area contributed by atoms with Crippen LogP contribution in [0.3, 0.4) is 0 Å². The van der Waals surface area contributed by atoms with Crippen LogP contribution in [0.15, 0.2) is 77.8 Å². The van der Waals surface area contributed by atoms with Gasteiger partial charge in [0, 0.05) is 28.6 Å². The molecule has 6 N–H and O–H groups in total. The van der Waals surface area contributed by atoms with Crippen molar-refractivity contribution in [3.63, 3.8) is 0 Å². The number of aromatic amines is 1. The number of ether oxygens (including phenoxy) is 1. The average Bonchev–Trinajstić information content (AvgIpc) is 3.16. The highest BCUT2D eigenvalue weighted by molar-refractivity contribution is 6.22. The summed E-state index contributed by atoms with van der Waals surface area (Å²) in [6, 6.07) is 22.5. The minimum Gasteiger partial charge on any atom is -0.494 e. The predicted octanol–water partition coefficient (Wildman–Crippen LogP) is 4.35. The van der Waals surface area contributed by atoms with Crippen LogP contribution >= 0.6 is 0 Å². The lowest BCUT2D eigenvalue weighted by Crippen LogP contribution is -2.28. The molecule has 4 aromatic rings. The average molecular weight is 457 g/mol. The van der Waals surface area contributed by atoms with Crippen molar-refractivity contribution in [1.29, 1.82) is 0 Å². The molecule has 4 rings (SSSR count). The third-order valence-corrected chi connectivity index (χ3v) is 5.50. The van der Waals surface area contributed by atoms with Gasteiger partial charge in [0.05, 0.1) is 22.5 Å². The highest BCUT2D eigenvalue weighted by Crippen LogP contribution is 2.32. The van der Waals surface area contributed by atoms with Gasteiger partial charge >= 0.3 is 5.97 Å². The lowest BCUT2D eigenvalue weighted by molar-refractivity contribution is 0.0517. The molecule has 0 saturated heterocycles. The zero-order chi connectivity index (χ0) is 24.3. The quantitative estimate of drug-likeness (QED) is 0.243. The summed E-state index contributed by atoms with van der Waals surface area (Å²) in [5.74, 6) is -0.507. The van der Waals surface area contributed by atoms with Crippen molar-refractivity contribution < 1.29 is 14.6 Å². The fourth-order valence-corrected chi connectivity index (χ4v) is 3.74. The lowest BCUT2D eigenvalue weighted by atomic mass is 9.95. The molecule has 0 aliphatic rings. The van der Waals surface area contributed by atoms with E-state index in [-0.39, 0.29) is 19.0 Å². The van der Waals surface area contributed by atoms with E-state index in [1.54, 1.807) is 18.2 Å². The SMILES string of the molecule is CC(C)(N)c1ccc(N=C(c2ccccc2)c2c(O)[nH]c3cc(C(=O)OCCN)ccc23)cc1. The van der Waals surface area contributed by atoms with Crippen LogP contribution in [0.5, 0.6) is 5.88 Å². The number of H-pyrrole nitrogens is 1. The molecule has 0 atom stereocenters. The number of nitrogens with zero attached hydrogens (tertiary/aromatic N) is 1. The Bertz CT molecular complexity index is 1330. The number of nitrogens with one attached hydrogen (secondary N) is 1. The van der Waals surface area contributed by atoms with E-state index in [1.807, 2.05) is 68.4 Å². The Morgan fingerprint density at radius 1 is 1.03 bits per heavy atom. The maximum Gasteiger partial charge on any atom is 0.338 e. The number of carbonyl (C=O) groups is 1. The second-order valence-corrected chi connectivity index (χ2v) is 8.63. The van der Waals surface area contributed by atoms with Crippen LogP contribution in [-0.2, 0) is 10.3 Å². The highest BCUT2D eigenvalue weighted by atomic mass is 16.5. The minimum atomic E-state index is -0.470. The van der Waals surface area contributed by atoms with Crippen LogP contribution < -0.4 is 11.5 Å². The largest absolute Gasteiger partial charge is 0.494 e. The van der Waals surface area contributed by atoms with Crippen molar-refractivity contribution in [2.75, 3.05) is 13.2 Å². The van der Waals surface area contributed by atoms with E-state index in [9.17, 15) is 9.90 Å². The number of benzene rings is 3. The molecule has 0 fully saturated rings. The van der Waals surface area contributed by atoms with E-state index in [4.69, 9.17) is 21.2 Å². The molecule has 0 bridgehead atoms. The molecule has 1 aromatic heterocycles. The first kappa shape index (κ1) is 23.2. The number of carbonyl (C=O) groups excluding carboxylic acids is 1.